The number of aliphatic imine (C=N–C) groups is 1. The van der Waals surface area contributed by atoms with E-state index >= 15 is 0 Å². The average Bonchev–Trinajstić information content (AvgIpc) is 3.38. The van der Waals surface area contributed by atoms with Crippen molar-refractivity contribution >= 4 is 29.9 Å². The van der Waals surface area contributed by atoms with Crippen molar-refractivity contribution in [2.24, 2.45) is 4.99 Å². The first kappa shape index (κ1) is 21.7. The van der Waals surface area contributed by atoms with Gasteiger partial charge in [0.2, 0.25) is 5.88 Å². The van der Waals surface area contributed by atoms with Crippen molar-refractivity contribution in [3.8, 4) is 11.6 Å². The van der Waals surface area contributed by atoms with Crippen LogP contribution >= 0.6 is 24.0 Å². The number of guanidine groups is 1. The number of fused-ring (bicyclic) bond motifs is 1. The second kappa shape index (κ2) is 10.7. The van der Waals surface area contributed by atoms with Gasteiger partial charge in [-0.05, 0) is 42.9 Å². The summed E-state index contributed by atoms with van der Waals surface area (Å²) in [7, 11) is 1.77. The Morgan fingerprint density at radius 3 is 2.72 bits per heavy atom. The van der Waals surface area contributed by atoms with E-state index in [1.807, 2.05) is 30.5 Å². The van der Waals surface area contributed by atoms with Crippen molar-refractivity contribution < 1.29 is 9.47 Å². The van der Waals surface area contributed by atoms with Crippen molar-refractivity contribution in [2.75, 3.05) is 13.6 Å². The van der Waals surface area contributed by atoms with Crippen molar-refractivity contribution in [1.82, 2.24) is 15.6 Å². The van der Waals surface area contributed by atoms with Crippen molar-refractivity contribution in [2.45, 2.75) is 50.9 Å². The van der Waals surface area contributed by atoms with Crippen LogP contribution in [-0.2, 0) is 13.0 Å². The summed E-state index contributed by atoms with van der Waals surface area (Å²) in [6.07, 6.45) is 8.06. The highest BCUT2D eigenvalue weighted by molar-refractivity contribution is 14.0. The van der Waals surface area contributed by atoms with Crippen LogP contribution in [0.25, 0.3) is 0 Å². The number of nitrogens with one attached hydrogen (secondary N) is 2. The van der Waals surface area contributed by atoms with E-state index in [4.69, 9.17) is 9.47 Å². The Balaban J connectivity index is 0.00000240. The third-order valence-corrected chi connectivity index (χ3v) is 5.28. The molecular formula is C22H29IN4O2. The highest BCUT2D eigenvalue weighted by Crippen LogP contribution is 2.27. The van der Waals surface area contributed by atoms with Gasteiger partial charge in [0.25, 0.3) is 0 Å². The lowest BCUT2D eigenvalue weighted by Crippen LogP contribution is -2.41. The maximum Gasteiger partial charge on any atom is 0.213 e. The maximum atomic E-state index is 5.96. The van der Waals surface area contributed by atoms with Crippen LogP contribution in [0, 0.1) is 0 Å². The average molecular weight is 508 g/mol. The highest BCUT2D eigenvalue weighted by Gasteiger charge is 2.22. The van der Waals surface area contributed by atoms with Crippen LogP contribution in [0.15, 0.2) is 47.6 Å². The molecule has 1 atom stereocenters. The van der Waals surface area contributed by atoms with Gasteiger partial charge in [-0.15, -0.1) is 24.0 Å². The number of aromatic nitrogens is 1. The zero-order valence-electron chi connectivity index (χ0n) is 16.8. The van der Waals surface area contributed by atoms with Gasteiger partial charge in [0.1, 0.15) is 18.0 Å². The minimum atomic E-state index is 0. The van der Waals surface area contributed by atoms with Crippen LogP contribution in [0.1, 0.15) is 36.8 Å². The monoisotopic (exact) mass is 508 g/mol. The number of hydrogen-bond acceptors (Lipinski definition) is 4. The van der Waals surface area contributed by atoms with E-state index in [9.17, 15) is 0 Å². The summed E-state index contributed by atoms with van der Waals surface area (Å²) >= 11 is 0. The predicted molar refractivity (Wildman–Crippen MR) is 125 cm³/mol. The fourth-order valence-corrected chi connectivity index (χ4v) is 3.75. The van der Waals surface area contributed by atoms with Gasteiger partial charge in [-0.3, -0.25) is 4.99 Å². The molecule has 0 bridgehead atoms. The largest absolute Gasteiger partial charge is 0.488 e. The van der Waals surface area contributed by atoms with Crippen LogP contribution in [-0.4, -0.2) is 36.7 Å². The molecular weight excluding hydrogens is 479 g/mol. The van der Waals surface area contributed by atoms with E-state index in [0.717, 1.165) is 42.4 Å². The predicted octanol–water partition coefficient (Wildman–Crippen LogP) is 3.69. The third kappa shape index (κ3) is 5.98. The summed E-state index contributed by atoms with van der Waals surface area (Å²) in [5.41, 5.74) is 2.36. The summed E-state index contributed by atoms with van der Waals surface area (Å²) in [5, 5.41) is 6.67. The fraction of sp³-hybridized carbons (Fsp3) is 0.455. The number of hydrogen-bond donors (Lipinski definition) is 2. The first-order valence-electron chi connectivity index (χ1n) is 10.1. The SMILES string of the molecule is CN=C(NCc1ccc(OC2CCCC2)nc1)NCC1Cc2ccccc2O1.I. The lowest BCUT2D eigenvalue weighted by Gasteiger charge is -2.16. The summed E-state index contributed by atoms with van der Waals surface area (Å²) in [6, 6.07) is 12.2. The van der Waals surface area contributed by atoms with E-state index in [2.05, 4.69) is 32.7 Å². The lowest BCUT2D eigenvalue weighted by atomic mass is 10.1. The molecule has 4 rings (SSSR count). The zero-order valence-corrected chi connectivity index (χ0v) is 19.1. The molecule has 1 aliphatic heterocycles. The quantitative estimate of drug-likeness (QED) is 0.354. The molecule has 6 nitrogen and oxygen atoms in total. The second-order valence-corrected chi connectivity index (χ2v) is 7.39. The molecule has 0 radical (unpaired) electrons. The standard InChI is InChI=1S/C22H28N4O2.HI/c1-23-22(26-15-19-12-17-6-2-5-9-20(17)27-19)25-14-16-10-11-21(24-13-16)28-18-7-3-4-8-18;/h2,5-6,9-11,13,18-19H,3-4,7-8,12,14-15H2,1H3,(H2,23,25,26);1H. The minimum Gasteiger partial charge on any atom is -0.488 e. The van der Waals surface area contributed by atoms with Gasteiger partial charge in [0, 0.05) is 32.3 Å². The Hall–Kier alpha value is -2.03. The normalized spacial score (nSPS) is 18.5. The Labute approximate surface area is 189 Å². The van der Waals surface area contributed by atoms with Gasteiger partial charge >= 0.3 is 0 Å². The number of rotatable bonds is 6. The molecule has 7 heteroatoms. The molecule has 1 fully saturated rings. The maximum absolute atomic E-state index is 5.96. The molecule has 0 amide bonds. The molecule has 2 aliphatic rings. The summed E-state index contributed by atoms with van der Waals surface area (Å²) in [5.74, 6) is 2.46. The van der Waals surface area contributed by atoms with Gasteiger partial charge in [-0.1, -0.05) is 24.3 Å². The molecule has 1 aliphatic carbocycles. The number of benzene rings is 1. The first-order chi connectivity index (χ1) is 13.8. The van der Waals surface area contributed by atoms with Crippen molar-refractivity contribution in [1.29, 1.82) is 0 Å². The van der Waals surface area contributed by atoms with E-state index in [-0.39, 0.29) is 30.1 Å². The molecule has 156 valence electrons. The van der Waals surface area contributed by atoms with E-state index in [1.165, 1.54) is 18.4 Å². The number of nitrogens with zero attached hydrogens (tertiary/aromatic N) is 2. The van der Waals surface area contributed by atoms with Crippen LogP contribution < -0.4 is 20.1 Å². The molecule has 29 heavy (non-hydrogen) atoms. The number of ether oxygens (including phenoxy) is 2. The zero-order chi connectivity index (χ0) is 19.2. The molecule has 2 N–H and O–H groups in total. The molecule has 2 aromatic rings. The first-order valence-corrected chi connectivity index (χ1v) is 10.1. The molecule has 1 aromatic carbocycles. The minimum absolute atomic E-state index is 0. The van der Waals surface area contributed by atoms with Gasteiger partial charge in [0.15, 0.2) is 5.96 Å². The second-order valence-electron chi connectivity index (χ2n) is 7.39. The van der Waals surface area contributed by atoms with Gasteiger partial charge in [0.05, 0.1) is 6.54 Å². The fourth-order valence-electron chi connectivity index (χ4n) is 3.75. The molecule has 0 spiro atoms. The van der Waals surface area contributed by atoms with E-state index < -0.39 is 0 Å². The molecule has 1 saturated carbocycles. The third-order valence-electron chi connectivity index (χ3n) is 5.28. The van der Waals surface area contributed by atoms with Crippen LogP contribution in [0.4, 0.5) is 0 Å². The lowest BCUT2D eigenvalue weighted by molar-refractivity contribution is 0.201. The highest BCUT2D eigenvalue weighted by atomic mass is 127. The van der Waals surface area contributed by atoms with Gasteiger partial charge in [-0.25, -0.2) is 4.98 Å². The van der Waals surface area contributed by atoms with Crippen LogP contribution in [0.5, 0.6) is 11.6 Å². The van der Waals surface area contributed by atoms with Crippen LogP contribution in [0.3, 0.4) is 0 Å². The Bertz CT molecular complexity index is 782. The van der Waals surface area contributed by atoms with E-state index in [0.29, 0.717) is 19.2 Å². The van der Waals surface area contributed by atoms with Crippen molar-refractivity contribution in [3.05, 3.63) is 53.7 Å². The topological polar surface area (TPSA) is 67.8 Å². The molecule has 0 saturated heterocycles. The summed E-state index contributed by atoms with van der Waals surface area (Å²) in [6.45, 7) is 1.36. The van der Waals surface area contributed by atoms with Crippen LogP contribution in [0.2, 0.25) is 0 Å². The van der Waals surface area contributed by atoms with Crippen molar-refractivity contribution in [3.63, 3.8) is 0 Å². The van der Waals surface area contributed by atoms with Gasteiger partial charge < -0.3 is 20.1 Å². The Kier molecular flexibility index (Phi) is 7.97. The summed E-state index contributed by atoms with van der Waals surface area (Å²) in [4.78, 5) is 8.73. The Morgan fingerprint density at radius 2 is 2.00 bits per heavy atom. The Morgan fingerprint density at radius 1 is 1.17 bits per heavy atom. The number of halogens is 1. The molecule has 2 heterocycles. The summed E-state index contributed by atoms with van der Waals surface area (Å²) < 4.78 is 11.9. The van der Waals surface area contributed by atoms with E-state index in [1.54, 1.807) is 7.05 Å². The molecule has 1 unspecified atom stereocenters. The van der Waals surface area contributed by atoms with Gasteiger partial charge in [-0.2, -0.15) is 0 Å². The molecule has 1 aromatic heterocycles. The smallest absolute Gasteiger partial charge is 0.213 e. The number of pyridine rings is 1. The number of para-hydroxylation sites is 1.